The molecule has 0 N–H and O–H groups in total. The molecule has 0 bridgehead atoms. The highest BCUT2D eigenvalue weighted by atomic mass is 16.5. The zero-order chi connectivity index (χ0) is 11.9. The molecular weight excluding hydrogens is 196 g/mol. The number of rotatable bonds is 13. The highest BCUT2D eigenvalue weighted by Crippen LogP contribution is 2.10. The van der Waals surface area contributed by atoms with Gasteiger partial charge in [-0.15, -0.1) is 0 Å². The van der Waals surface area contributed by atoms with Gasteiger partial charge in [-0.1, -0.05) is 71.6 Å². The lowest BCUT2D eigenvalue weighted by Crippen LogP contribution is -1.91. The molecule has 0 aromatic carbocycles. The molecule has 0 fully saturated rings. The summed E-state index contributed by atoms with van der Waals surface area (Å²) in [5, 5.41) is 0. The molecule has 0 aromatic rings. The molecule has 0 unspecified atom stereocenters. The predicted molar refractivity (Wildman–Crippen MR) is 72.4 cm³/mol. The lowest BCUT2D eigenvalue weighted by Gasteiger charge is -2.03. The Labute approximate surface area is 103 Å². The van der Waals surface area contributed by atoms with Crippen molar-refractivity contribution < 1.29 is 4.74 Å². The van der Waals surface area contributed by atoms with Crippen LogP contribution < -0.4 is 0 Å². The molecular formula is C15H31O. The van der Waals surface area contributed by atoms with Crippen molar-refractivity contribution in [1.82, 2.24) is 0 Å². The summed E-state index contributed by atoms with van der Waals surface area (Å²) in [6.45, 7) is 7.22. The molecule has 0 amide bonds. The summed E-state index contributed by atoms with van der Waals surface area (Å²) in [6.07, 6.45) is 15.0. The van der Waals surface area contributed by atoms with Gasteiger partial charge in [0.05, 0.1) is 6.61 Å². The summed E-state index contributed by atoms with van der Waals surface area (Å²) >= 11 is 0. The van der Waals surface area contributed by atoms with Crippen LogP contribution in [0, 0.1) is 6.61 Å². The second-order valence-electron chi connectivity index (χ2n) is 4.63. The maximum Gasteiger partial charge on any atom is 0.0833 e. The zero-order valence-corrected chi connectivity index (χ0v) is 11.5. The van der Waals surface area contributed by atoms with Crippen LogP contribution in [0.5, 0.6) is 0 Å². The summed E-state index contributed by atoms with van der Waals surface area (Å²) < 4.78 is 5.33. The highest BCUT2D eigenvalue weighted by Gasteiger charge is 1.92. The quantitative estimate of drug-likeness (QED) is 0.378. The first kappa shape index (κ1) is 16.0. The summed E-state index contributed by atoms with van der Waals surface area (Å²) in [6, 6.07) is 0. The van der Waals surface area contributed by atoms with Gasteiger partial charge in [0, 0.05) is 6.61 Å². The summed E-state index contributed by atoms with van der Waals surface area (Å²) in [5.41, 5.74) is 0. The third kappa shape index (κ3) is 14.0. The van der Waals surface area contributed by atoms with Crippen molar-refractivity contribution in [1.29, 1.82) is 0 Å². The Bertz CT molecular complexity index is 98.0. The summed E-state index contributed by atoms with van der Waals surface area (Å²) in [5.74, 6) is 0. The van der Waals surface area contributed by atoms with E-state index in [2.05, 4.69) is 13.8 Å². The van der Waals surface area contributed by atoms with Crippen molar-refractivity contribution >= 4 is 0 Å². The molecule has 0 rings (SSSR count). The lowest BCUT2D eigenvalue weighted by molar-refractivity contribution is 0.188. The summed E-state index contributed by atoms with van der Waals surface area (Å²) in [4.78, 5) is 0. The largest absolute Gasteiger partial charge is 0.376 e. The Morgan fingerprint density at radius 1 is 0.688 bits per heavy atom. The van der Waals surface area contributed by atoms with E-state index in [1.807, 2.05) is 6.61 Å². The monoisotopic (exact) mass is 227 g/mol. The molecule has 0 spiro atoms. The van der Waals surface area contributed by atoms with Gasteiger partial charge in [0.1, 0.15) is 0 Å². The Balaban J connectivity index is 2.83. The Kier molecular flexibility index (Phi) is 14.9. The van der Waals surface area contributed by atoms with Crippen LogP contribution in [0.1, 0.15) is 84.5 Å². The van der Waals surface area contributed by atoms with E-state index in [0.717, 1.165) is 13.0 Å². The van der Waals surface area contributed by atoms with E-state index in [9.17, 15) is 0 Å². The van der Waals surface area contributed by atoms with Crippen LogP contribution in [-0.4, -0.2) is 6.61 Å². The average Bonchev–Trinajstić information content (AvgIpc) is 2.31. The first-order chi connectivity index (χ1) is 7.91. The number of hydrogen-bond donors (Lipinski definition) is 0. The van der Waals surface area contributed by atoms with Gasteiger partial charge in [0.15, 0.2) is 0 Å². The molecule has 97 valence electrons. The van der Waals surface area contributed by atoms with Crippen LogP contribution in [-0.2, 0) is 4.74 Å². The molecule has 0 saturated carbocycles. The third-order valence-corrected chi connectivity index (χ3v) is 2.90. The van der Waals surface area contributed by atoms with Crippen molar-refractivity contribution in [2.24, 2.45) is 0 Å². The molecule has 0 aliphatic rings. The van der Waals surface area contributed by atoms with Gasteiger partial charge in [0.25, 0.3) is 0 Å². The smallest absolute Gasteiger partial charge is 0.0833 e. The molecule has 0 heterocycles. The summed E-state index contributed by atoms with van der Waals surface area (Å²) in [7, 11) is 0. The van der Waals surface area contributed by atoms with Crippen LogP contribution in [0.2, 0.25) is 0 Å². The van der Waals surface area contributed by atoms with Crippen molar-refractivity contribution in [3.05, 3.63) is 6.61 Å². The van der Waals surface area contributed by atoms with E-state index < -0.39 is 0 Å². The van der Waals surface area contributed by atoms with E-state index in [-0.39, 0.29) is 0 Å². The van der Waals surface area contributed by atoms with E-state index >= 15 is 0 Å². The van der Waals surface area contributed by atoms with E-state index in [1.54, 1.807) is 0 Å². The molecule has 0 aliphatic carbocycles. The maximum atomic E-state index is 5.33. The molecule has 0 saturated heterocycles. The van der Waals surface area contributed by atoms with Crippen molar-refractivity contribution in [3.63, 3.8) is 0 Å². The zero-order valence-electron chi connectivity index (χ0n) is 11.5. The van der Waals surface area contributed by atoms with Gasteiger partial charge in [-0.3, -0.25) is 0 Å². The van der Waals surface area contributed by atoms with Crippen LogP contribution in [0.25, 0.3) is 0 Å². The Morgan fingerprint density at radius 2 is 1.19 bits per heavy atom. The standard InChI is InChI=1S/C15H31O/c1-3-5-6-7-8-9-10-11-12-13-15-16-14-4-2/h14H,3-13,15H2,1-2H3. The maximum absolute atomic E-state index is 5.33. The molecule has 0 aromatic heterocycles. The number of ether oxygens (including phenoxy) is 1. The lowest BCUT2D eigenvalue weighted by atomic mass is 10.1. The van der Waals surface area contributed by atoms with Crippen molar-refractivity contribution in [2.45, 2.75) is 84.5 Å². The van der Waals surface area contributed by atoms with Crippen molar-refractivity contribution in [3.8, 4) is 0 Å². The predicted octanol–water partition coefficient (Wildman–Crippen LogP) is 5.50. The van der Waals surface area contributed by atoms with Gasteiger partial charge < -0.3 is 4.74 Å². The Hall–Kier alpha value is -0.0400. The fourth-order valence-corrected chi connectivity index (χ4v) is 1.87. The van der Waals surface area contributed by atoms with Crippen molar-refractivity contribution in [2.75, 3.05) is 6.61 Å². The van der Waals surface area contributed by atoms with Gasteiger partial charge in [-0.05, 0) is 12.8 Å². The van der Waals surface area contributed by atoms with Crippen LogP contribution >= 0.6 is 0 Å². The first-order valence-corrected chi connectivity index (χ1v) is 7.35. The fourth-order valence-electron chi connectivity index (χ4n) is 1.87. The van der Waals surface area contributed by atoms with Gasteiger partial charge in [-0.2, -0.15) is 0 Å². The molecule has 1 heteroatoms. The minimum Gasteiger partial charge on any atom is -0.376 e. The molecule has 0 atom stereocenters. The topological polar surface area (TPSA) is 9.23 Å². The minimum absolute atomic E-state index is 0.921. The third-order valence-electron chi connectivity index (χ3n) is 2.90. The van der Waals surface area contributed by atoms with Gasteiger partial charge in [0.2, 0.25) is 0 Å². The van der Waals surface area contributed by atoms with E-state index in [4.69, 9.17) is 4.74 Å². The average molecular weight is 227 g/mol. The molecule has 1 radical (unpaired) electrons. The number of unbranched alkanes of at least 4 members (excludes halogenated alkanes) is 9. The van der Waals surface area contributed by atoms with E-state index in [0.29, 0.717) is 0 Å². The SMILES string of the molecule is CC[CH]OCCCCCCCCCCCC. The van der Waals surface area contributed by atoms with Crippen LogP contribution in [0.3, 0.4) is 0 Å². The van der Waals surface area contributed by atoms with E-state index in [1.165, 1.54) is 64.2 Å². The van der Waals surface area contributed by atoms with Gasteiger partial charge in [-0.25, -0.2) is 0 Å². The molecule has 0 aliphatic heterocycles. The second kappa shape index (κ2) is 15.0. The fraction of sp³-hybridized carbons (Fsp3) is 0.933. The van der Waals surface area contributed by atoms with Crippen LogP contribution in [0.15, 0.2) is 0 Å². The second-order valence-corrected chi connectivity index (χ2v) is 4.63. The molecule has 16 heavy (non-hydrogen) atoms. The van der Waals surface area contributed by atoms with Crippen LogP contribution in [0.4, 0.5) is 0 Å². The Morgan fingerprint density at radius 3 is 1.69 bits per heavy atom. The number of hydrogen-bond acceptors (Lipinski definition) is 1. The minimum atomic E-state index is 0.921. The highest BCUT2D eigenvalue weighted by molar-refractivity contribution is 4.48. The van der Waals surface area contributed by atoms with Gasteiger partial charge >= 0.3 is 0 Å². The molecule has 1 nitrogen and oxygen atoms in total. The first-order valence-electron chi connectivity index (χ1n) is 7.35. The normalized spacial score (nSPS) is 10.9.